The van der Waals surface area contributed by atoms with Gasteiger partial charge in [0.1, 0.15) is 0 Å². The van der Waals surface area contributed by atoms with Crippen molar-refractivity contribution in [3.63, 3.8) is 0 Å². The molecule has 0 aromatic heterocycles. The van der Waals surface area contributed by atoms with E-state index in [0.29, 0.717) is 25.0 Å². The molecule has 1 atom stereocenters. The van der Waals surface area contributed by atoms with E-state index in [9.17, 15) is 4.79 Å². The molecule has 4 rings (SSSR count). The lowest BCUT2D eigenvalue weighted by Gasteiger charge is -2.36. The minimum atomic E-state index is -0.363. The van der Waals surface area contributed by atoms with Gasteiger partial charge in [0.25, 0.3) is 0 Å². The first-order chi connectivity index (χ1) is 12.6. The molecule has 0 bridgehead atoms. The number of hydrogen-bond donors (Lipinski definition) is 1. The molecule has 26 heavy (non-hydrogen) atoms. The first kappa shape index (κ1) is 18.1. The zero-order chi connectivity index (χ0) is 18.0. The first-order valence-corrected chi connectivity index (χ1v) is 10.6. The summed E-state index contributed by atoms with van der Waals surface area (Å²) in [4.78, 5) is 16.2. The quantitative estimate of drug-likeness (QED) is 0.878. The lowest BCUT2D eigenvalue weighted by Crippen LogP contribution is -2.47. The molecule has 0 radical (unpaired) electrons. The number of ether oxygens (including phenoxy) is 2. The predicted molar refractivity (Wildman–Crippen MR) is 104 cm³/mol. The molecule has 2 aliphatic heterocycles. The Hall–Kier alpha value is -1.24. The molecule has 1 amide bonds. The number of fused-ring (bicyclic) bond motifs is 1. The van der Waals surface area contributed by atoms with Gasteiger partial charge in [0, 0.05) is 35.6 Å². The molecular weight excluding hydrogens is 348 g/mol. The predicted octanol–water partition coefficient (Wildman–Crippen LogP) is 3.18. The number of nitrogens with one attached hydrogen (secondary N) is 1. The number of hydrogen-bond acceptors (Lipinski definition) is 5. The average molecular weight is 377 g/mol. The molecule has 1 aliphatic carbocycles. The Bertz CT molecular complexity index is 638. The van der Waals surface area contributed by atoms with Crippen LogP contribution in [0.4, 0.5) is 5.69 Å². The molecule has 1 aromatic rings. The van der Waals surface area contributed by atoms with Crippen LogP contribution in [0.25, 0.3) is 0 Å². The third-order valence-electron chi connectivity index (χ3n) is 5.60. The fourth-order valence-corrected chi connectivity index (χ4v) is 5.28. The maximum atomic E-state index is 12.7. The van der Waals surface area contributed by atoms with Crippen LogP contribution in [0.2, 0.25) is 0 Å². The number of thioether (sulfide) groups is 1. The topological polar surface area (TPSA) is 50.8 Å². The van der Waals surface area contributed by atoms with Gasteiger partial charge in [0.15, 0.2) is 5.79 Å². The Morgan fingerprint density at radius 2 is 1.96 bits per heavy atom. The monoisotopic (exact) mass is 376 g/mol. The fourth-order valence-electron chi connectivity index (χ4n) is 4.15. The largest absolute Gasteiger partial charge is 0.361 e. The van der Waals surface area contributed by atoms with Gasteiger partial charge in [-0.25, -0.2) is 0 Å². The molecule has 6 heteroatoms. The van der Waals surface area contributed by atoms with E-state index >= 15 is 0 Å². The summed E-state index contributed by atoms with van der Waals surface area (Å²) in [5.74, 6) is -0.244. The second-order valence-corrected chi connectivity index (χ2v) is 9.04. The molecule has 0 unspecified atom stereocenters. The van der Waals surface area contributed by atoms with Crippen molar-refractivity contribution in [3.05, 3.63) is 24.3 Å². The Morgan fingerprint density at radius 1 is 1.23 bits per heavy atom. The number of nitrogens with zero attached hydrogens (tertiary/aromatic N) is 1. The van der Waals surface area contributed by atoms with Crippen molar-refractivity contribution >= 4 is 23.4 Å². The van der Waals surface area contributed by atoms with E-state index in [1.807, 2.05) is 11.8 Å². The summed E-state index contributed by atoms with van der Waals surface area (Å²) in [6.45, 7) is 5.01. The van der Waals surface area contributed by atoms with Gasteiger partial charge in [-0.2, -0.15) is 0 Å². The molecule has 2 fully saturated rings. The molecule has 142 valence electrons. The van der Waals surface area contributed by atoms with Gasteiger partial charge in [-0.1, -0.05) is 19.1 Å². The van der Waals surface area contributed by atoms with Crippen LogP contribution in [0, 0.1) is 0 Å². The van der Waals surface area contributed by atoms with Crippen molar-refractivity contribution in [2.75, 3.05) is 31.2 Å². The van der Waals surface area contributed by atoms with Crippen molar-refractivity contribution < 1.29 is 14.3 Å². The highest BCUT2D eigenvalue weighted by molar-refractivity contribution is 8.00. The average Bonchev–Trinajstić information content (AvgIpc) is 3.03. The van der Waals surface area contributed by atoms with E-state index in [-0.39, 0.29) is 17.7 Å². The Kier molecular flexibility index (Phi) is 5.43. The maximum absolute atomic E-state index is 12.7. The molecule has 1 spiro atoms. The van der Waals surface area contributed by atoms with Gasteiger partial charge in [-0.05, 0) is 31.4 Å². The van der Waals surface area contributed by atoms with Crippen LogP contribution in [0.1, 0.15) is 39.0 Å². The third kappa shape index (κ3) is 4.02. The second-order valence-electron chi connectivity index (χ2n) is 7.56. The van der Waals surface area contributed by atoms with Crippen LogP contribution in [-0.2, 0) is 14.3 Å². The Morgan fingerprint density at radius 3 is 2.73 bits per heavy atom. The molecule has 1 saturated heterocycles. The lowest BCUT2D eigenvalue weighted by molar-refractivity contribution is -0.180. The van der Waals surface area contributed by atoms with E-state index in [0.717, 1.165) is 38.6 Å². The maximum Gasteiger partial charge on any atom is 0.239 e. The highest BCUT2D eigenvalue weighted by Gasteiger charge is 2.40. The van der Waals surface area contributed by atoms with Gasteiger partial charge >= 0.3 is 0 Å². The highest BCUT2D eigenvalue weighted by Crippen LogP contribution is 2.37. The molecule has 1 saturated carbocycles. The molecular formula is C20H28N2O3S. The highest BCUT2D eigenvalue weighted by atomic mass is 32.2. The number of amides is 1. The molecule has 1 N–H and O–H groups in total. The van der Waals surface area contributed by atoms with Crippen LogP contribution < -0.4 is 10.2 Å². The van der Waals surface area contributed by atoms with Crippen molar-refractivity contribution in [3.8, 4) is 0 Å². The van der Waals surface area contributed by atoms with Crippen LogP contribution >= 0.6 is 11.8 Å². The summed E-state index contributed by atoms with van der Waals surface area (Å²) in [6.07, 6.45) is 4.69. The van der Waals surface area contributed by atoms with Gasteiger partial charge in [-0.3, -0.25) is 4.79 Å². The van der Waals surface area contributed by atoms with Gasteiger partial charge in [-0.15, -0.1) is 11.8 Å². The molecule has 2 heterocycles. The molecule has 5 nitrogen and oxygen atoms in total. The molecule has 1 aromatic carbocycles. The minimum absolute atomic E-state index is 0.119. The minimum Gasteiger partial charge on any atom is -0.361 e. The first-order valence-electron chi connectivity index (χ1n) is 9.71. The number of anilines is 1. The standard InChI is InChI=1S/C20H28N2O3S/c1-15-8-11-22(17-4-2-3-5-18(17)26-15)14-19(23)21-16-6-9-20(10-7-16)24-12-13-25-20/h2-5,15-16H,6-14H2,1H3,(H,21,23)/t15-/m0/s1. The Balaban J connectivity index is 1.33. The van der Waals surface area contributed by atoms with Crippen molar-refractivity contribution in [2.45, 2.75) is 61.0 Å². The Labute approximate surface area is 159 Å². The summed E-state index contributed by atoms with van der Waals surface area (Å²) in [7, 11) is 0. The van der Waals surface area contributed by atoms with Gasteiger partial charge < -0.3 is 19.7 Å². The lowest BCUT2D eigenvalue weighted by atomic mass is 9.90. The van der Waals surface area contributed by atoms with Crippen LogP contribution in [0.5, 0.6) is 0 Å². The molecule has 3 aliphatic rings. The SMILES string of the molecule is C[C@H]1CCN(CC(=O)NC2CCC3(CC2)OCCO3)c2ccccc2S1. The summed E-state index contributed by atoms with van der Waals surface area (Å²) in [5.41, 5.74) is 1.19. The van der Waals surface area contributed by atoms with E-state index in [4.69, 9.17) is 9.47 Å². The summed E-state index contributed by atoms with van der Waals surface area (Å²) in [6, 6.07) is 8.66. The number of carbonyl (C=O) groups is 1. The van der Waals surface area contributed by atoms with Gasteiger partial charge in [0.05, 0.1) is 25.4 Å². The van der Waals surface area contributed by atoms with Gasteiger partial charge in [0.2, 0.25) is 5.91 Å². The number of rotatable bonds is 3. The zero-order valence-electron chi connectivity index (χ0n) is 15.4. The van der Waals surface area contributed by atoms with E-state index in [2.05, 4.69) is 41.4 Å². The van der Waals surface area contributed by atoms with Crippen LogP contribution in [0.3, 0.4) is 0 Å². The second kappa shape index (κ2) is 7.79. The van der Waals surface area contributed by atoms with E-state index in [1.54, 1.807) is 0 Å². The zero-order valence-corrected chi connectivity index (χ0v) is 16.2. The third-order valence-corrected chi connectivity index (χ3v) is 6.84. The van der Waals surface area contributed by atoms with Crippen molar-refractivity contribution in [1.82, 2.24) is 5.32 Å². The van der Waals surface area contributed by atoms with Crippen molar-refractivity contribution in [2.24, 2.45) is 0 Å². The summed E-state index contributed by atoms with van der Waals surface area (Å²) < 4.78 is 11.5. The van der Waals surface area contributed by atoms with Crippen molar-refractivity contribution in [1.29, 1.82) is 0 Å². The smallest absolute Gasteiger partial charge is 0.239 e. The summed E-state index contributed by atoms with van der Waals surface area (Å²) >= 11 is 1.91. The summed E-state index contributed by atoms with van der Waals surface area (Å²) in [5, 5.41) is 3.81. The number of para-hydroxylation sites is 1. The number of carbonyl (C=O) groups excluding carboxylic acids is 1. The number of benzene rings is 1. The van der Waals surface area contributed by atoms with Crippen LogP contribution in [-0.4, -0.2) is 49.3 Å². The van der Waals surface area contributed by atoms with Crippen LogP contribution in [0.15, 0.2) is 29.2 Å². The fraction of sp³-hybridized carbons (Fsp3) is 0.650. The van der Waals surface area contributed by atoms with E-state index in [1.165, 1.54) is 10.6 Å². The normalized spacial score (nSPS) is 25.7. The van der Waals surface area contributed by atoms with E-state index < -0.39 is 0 Å².